The third-order valence-electron chi connectivity index (χ3n) is 23.5. The normalized spacial score (nSPS) is 20.6. The average Bonchev–Trinajstić information content (AvgIpc) is 1.76. The number of fused-ring (bicyclic) bond motifs is 6. The van der Waals surface area contributed by atoms with Gasteiger partial charge in [-0.05, 0) is 127 Å². The molecule has 113 heavy (non-hydrogen) atoms. The molecule has 582 valence electrons. The number of nitrogens with zero attached hydrogens (tertiary/aromatic N) is 20. The Morgan fingerprint density at radius 3 is 1.44 bits per heavy atom. The number of piperidine rings is 3. The number of carbonyl (C=O) groups excluding carboxylic acids is 3. The van der Waals surface area contributed by atoms with Gasteiger partial charge in [0.15, 0.2) is 17.5 Å². The van der Waals surface area contributed by atoms with Crippen molar-refractivity contribution < 1.29 is 40.8 Å². The van der Waals surface area contributed by atoms with Crippen molar-refractivity contribution in [1.29, 1.82) is 0 Å². The summed E-state index contributed by atoms with van der Waals surface area (Å²) in [5.74, 6) is -0.292. The Balaban J connectivity index is 0.000000123. The van der Waals surface area contributed by atoms with Gasteiger partial charge in [-0.25, -0.2) is 4.98 Å². The summed E-state index contributed by atoms with van der Waals surface area (Å²) in [4.78, 5) is 75.0. The number of benzene rings is 4. The Bertz CT molecular complexity index is 5300. The maximum atomic E-state index is 13.8. The molecule has 14 heterocycles. The van der Waals surface area contributed by atoms with Gasteiger partial charge in [0, 0.05) is 173 Å². The molecule has 0 N–H and O–H groups in total. The Morgan fingerprint density at radius 2 is 0.920 bits per heavy atom. The Labute approximate surface area is 653 Å². The quantitative estimate of drug-likeness (QED) is 0.109. The molecule has 4 fully saturated rings. The van der Waals surface area contributed by atoms with Gasteiger partial charge in [0.25, 0.3) is 0 Å². The van der Waals surface area contributed by atoms with Crippen molar-refractivity contribution in [1.82, 2.24) is 83.9 Å². The highest BCUT2D eigenvalue weighted by atomic mass is 35.5. The van der Waals surface area contributed by atoms with E-state index in [9.17, 15) is 36.3 Å². The minimum absolute atomic E-state index is 0.0165. The lowest BCUT2D eigenvalue weighted by Crippen LogP contribution is -2.49. The van der Waals surface area contributed by atoms with Crippen molar-refractivity contribution in [2.24, 2.45) is 35.5 Å². The van der Waals surface area contributed by atoms with Crippen molar-refractivity contribution >= 4 is 79.1 Å². The molecule has 4 aromatic carbocycles. The number of hydrogen-bond donors (Lipinski definition) is 0. The maximum absolute atomic E-state index is 13.8. The number of aromatic nitrogens is 14. The number of alkyl halides is 5. The Hall–Kier alpha value is -11.4. The molecule has 0 radical (unpaired) electrons. The van der Waals surface area contributed by atoms with Gasteiger partial charge in [-0.2, -0.15) is 22.0 Å². The van der Waals surface area contributed by atoms with Crippen molar-refractivity contribution in [3.05, 3.63) is 193 Å². The SMILES string of the molecule is C[C@@H]1CN(c2c(Cl)cnc3cc(-c4ncco4)ccc23)CC[C@@H]1C(=O)N1CCn2c(nnc2C2CC2)C1.C[C@@H]1CN(c2ccnc3cc(-c4ccccc4)ccc23)CC[C@@H]1C(=O)N1CCn2c(nnc2C(C)(F)F)C1.C[C@@H]1CN(c2ccnc3cc(-c4ccncc4)ccc23)CC[C@@H]1C(=O)N1CCn2c(nnc2C(F)(F)F)C1. The first-order valence-electron chi connectivity index (χ1n) is 38.7. The molecule has 24 nitrogen and oxygen atoms in total. The zero-order valence-corrected chi connectivity index (χ0v) is 63.7. The van der Waals surface area contributed by atoms with Crippen LogP contribution in [0.1, 0.15) is 101 Å². The largest absolute Gasteiger partial charge is 0.451 e. The summed E-state index contributed by atoms with van der Waals surface area (Å²) >= 11 is 6.70. The van der Waals surface area contributed by atoms with Crippen LogP contribution in [0.4, 0.5) is 39.0 Å². The molecule has 30 heteroatoms. The highest BCUT2D eigenvalue weighted by Crippen LogP contribution is 2.44. The second-order valence-electron chi connectivity index (χ2n) is 31.0. The summed E-state index contributed by atoms with van der Waals surface area (Å²) in [6, 6.07) is 36.9. The van der Waals surface area contributed by atoms with Crippen LogP contribution in [-0.2, 0) is 65.8 Å². The molecular formula is C83H84ClF5N20O4. The molecular weight excluding hydrogens is 1470 g/mol. The molecule has 0 unspecified atom stereocenters. The summed E-state index contributed by atoms with van der Waals surface area (Å²) in [6.45, 7) is 14.9. The number of pyridine rings is 4. The zero-order valence-electron chi connectivity index (χ0n) is 63.0. The third-order valence-corrected chi connectivity index (χ3v) is 23.8. The lowest BCUT2D eigenvalue weighted by molar-refractivity contribution is -0.148. The number of rotatable bonds is 11. The standard InChI is InChI=1S/C29H30F2N6O.C27H28ClN7O2.C27H26F3N7O/c1-19-17-35(25-10-12-32-24-16-21(8-9-23(24)25)20-6-4-3-5-7-20)13-11-22(19)27(38)36-14-15-37-26(18-36)33-34-28(37)29(2,30)31;1-16-14-33(24-20-5-4-18(26-29-7-11-37-26)12-22(20)30-13-21(24)28)8-6-19(16)27(36)34-9-10-35-23(15-34)31-32-25(35)17-2-3-17;1-17-15-35(23-6-10-32-22-14-19(2-3-21(22)23)18-4-8-31-9-5-18)11-7-20(17)25(38)36-12-13-37-24(16-36)33-34-26(37)27(28,29)30/h3-10,12,16,19,22H,11,13-15,17-18H2,1-2H3;4-5,7,11-13,16-17,19H,2-3,6,8-10,14-15H2,1H3;2-6,8-10,14,17,20H,7,11-13,15-16H2,1H3/t19-,22+;16-,19+;17-,20+/m111/s1. The van der Waals surface area contributed by atoms with Gasteiger partial charge < -0.3 is 47.5 Å². The van der Waals surface area contributed by atoms with Gasteiger partial charge in [-0.3, -0.25) is 34.3 Å². The summed E-state index contributed by atoms with van der Waals surface area (Å²) in [5, 5.41) is 27.3. The zero-order chi connectivity index (χ0) is 78.0. The maximum Gasteiger partial charge on any atom is 0.451 e. The first-order chi connectivity index (χ1) is 54.6. The summed E-state index contributed by atoms with van der Waals surface area (Å²) in [7, 11) is 0. The molecule has 0 bridgehead atoms. The molecule has 1 saturated carbocycles. The van der Waals surface area contributed by atoms with Crippen LogP contribution >= 0.6 is 11.6 Å². The Morgan fingerprint density at radius 1 is 0.451 bits per heavy atom. The number of amides is 3. The second kappa shape index (κ2) is 30.6. The lowest BCUT2D eigenvalue weighted by Gasteiger charge is -2.40. The summed E-state index contributed by atoms with van der Waals surface area (Å²) in [6.07, 6.45) is 12.1. The van der Waals surface area contributed by atoms with Crippen molar-refractivity contribution in [2.75, 3.05) is 73.6 Å². The number of anilines is 3. The van der Waals surface area contributed by atoms with Crippen molar-refractivity contribution in [2.45, 2.75) is 117 Å². The minimum atomic E-state index is -4.56. The third kappa shape index (κ3) is 15.0. The van der Waals surface area contributed by atoms with Gasteiger partial charge in [0.05, 0.1) is 53.1 Å². The van der Waals surface area contributed by atoms with E-state index in [1.807, 2.05) is 71.9 Å². The monoisotopic (exact) mass is 1550 g/mol. The first kappa shape index (κ1) is 74.4. The molecule has 7 aliphatic rings. The van der Waals surface area contributed by atoms with Crippen LogP contribution < -0.4 is 14.7 Å². The van der Waals surface area contributed by atoms with E-state index < -0.39 is 17.9 Å². The van der Waals surface area contributed by atoms with Gasteiger partial charge in [-0.15, -0.1) is 30.6 Å². The molecule has 0 spiro atoms. The second-order valence-corrected chi connectivity index (χ2v) is 31.4. The van der Waals surface area contributed by atoms with E-state index in [4.69, 9.17) is 16.0 Å². The van der Waals surface area contributed by atoms with E-state index in [1.165, 1.54) is 17.4 Å². The molecule has 8 aromatic heterocycles. The first-order valence-corrected chi connectivity index (χ1v) is 39.1. The van der Waals surface area contributed by atoms with E-state index in [1.54, 1.807) is 40.9 Å². The number of hydrogen-bond acceptors (Lipinski definition) is 18. The van der Waals surface area contributed by atoms with E-state index >= 15 is 0 Å². The van der Waals surface area contributed by atoms with Crippen molar-refractivity contribution in [3.8, 4) is 33.7 Å². The number of carbonyl (C=O) groups is 3. The van der Waals surface area contributed by atoms with Gasteiger partial charge in [0.2, 0.25) is 35.3 Å². The van der Waals surface area contributed by atoms with Crippen LogP contribution in [0, 0.1) is 35.5 Å². The van der Waals surface area contributed by atoms with E-state index in [0.29, 0.717) is 55.3 Å². The van der Waals surface area contributed by atoms with E-state index in [2.05, 4.69) is 150 Å². The highest BCUT2D eigenvalue weighted by Gasteiger charge is 2.44. The predicted octanol–water partition coefficient (Wildman–Crippen LogP) is 14.0. The Kier molecular flexibility index (Phi) is 20.2. The van der Waals surface area contributed by atoms with Crippen molar-refractivity contribution in [3.63, 3.8) is 0 Å². The molecule has 6 atom stereocenters. The van der Waals surface area contributed by atoms with Crippen LogP contribution in [0.25, 0.3) is 66.4 Å². The van der Waals surface area contributed by atoms with Gasteiger partial charge in [0.1, 0.15) is 12.1 Å². The van der Waals surface area contributed by atoms with Crippen LogP contribution in [0.15, 0.2) is 157 Å². The fourth-order valence-electron chi connectivity index (χ4n) is 17.4. The van der Waals surface area contributed by atoms with Crippen LogP contribution in [-0.4, -0.2) is 161 Å². The lowest BCUT2D eigenvalue weighted by atomic mass is 9.85. The molecule has 1 aliphatic carbocycles. The topological polar surface area (TPSA) is 240 Å². The average molecular weight is 1560 g/mol. The van der Waals surface area contributed by atoms with Gasteiger partial charge in [-0.1, -0.05) is 87.0 Å². The molecule has 3 amide bonds. The van der Waals surface area contributed by atoms with Crippen LogP contribution in [0.3, 0.4) is 0 Å². The van der Waals surface area contributed by atoms with E-state index in [0.717, 1.165) is 153 Å². The summed E-state index contributed by atoms with van der Waals surface area (Å²) in [5.41, 5.74) is 11.2. The molecule has 19 rings (SSSR count). The number of halogens is 6. The fraction of sp³-hybridized carbons (Fsp3) is 0.398. The van der Waals surface area contributed by atoms with E-state index in [-0.39, 0.29) is 97.6 Å². The number of oxazole rings is 1. The van der Waals surface area contributed by atoms with Gasteiger partial charge >= 0.3 is 12.1 Å². The molecule has 12 aromatic rings. The molecule has 3 saturated heterocycles. The minimum Gasteiger partial charge on any atom is -0.445 e. The van der Waals surface area contributed by atoms with Crippen LogP contribution in [0.5, 0.6) is 0 Å². The fourth-order valence-corrected chi connectivity index (χ4v) is 17.7. The highest BCUT2D eigenvalue weighted by molar-refractivity contribution is 6.34. The smallest absolute Gasteiger partial charge is 0.445 e. The molecule has 6 aliphatic heterocycles. The van der Waals surface area contributed by atoms with Crippen LogP contribution in [0.2, 0.25) is 5.02 Å². The summed E-state index contributed by atoms with van der Waals surface area (Å²) < 4.78 is 77.4. The predicted molar refractivity (Wildman–Crippen MR) is 416 cm³/mol.